The number of methoxy groups -OCH3 is 1. The summed E-state index contributed by atoms with van der Waals surface area (Å²) in [6.07, 6.45) is 0. The predicted molar refractivity (Wildman–Crippen MR) is 83.3 cm³/mol. The number of esters is 1. The van der Waals surface area contributed by atoms with E-state index in [1.165, 1.54) is 26.2 Å². The fraction of sp³-hybridized carbons (Fsp3) is 0.267. The van der Waals surface area contributed by atoms with Gasteiger partial charge in [-0.15, -0.1) is 0 Å². The molecule has 3 rings (SSSR count). The number of fused-ring (bicyclic) bond motifs is 1. The van der Waals surface area contributed by atoms with Crippen molar-refractivity contribution in [2.45, 2.75) is 19.8 Å². The number of nitrogens with zero attached hydrogens (tertiary/aromatic N) is 3. The lowest BCUT2D eigenvalue weighted by Gasteiger charge is -2.25. The van der Waals surface area contributed by atoms with E-state index in [0.29, 0.717) is 5.70 Å². The Bertz CT molecular complexity index is 958. The Morgan fingerprint density at radius 2 is 2.12 bits per heavy atom. The summed E-state index contributed by atoms with van der Waals surface area (Å²) in [4.78, 5) is 23.6. The van der Waals surface area contributed by atoms with E-state index in [1.54, 1.807) is 13.0 Å². The fourth-order valence-corrected chi connectivity index (χ4v) is 3.08. The highest BCUT2D eigenvalue weighted by Crippen LogP contribution is 2.40. The Morgan fingerprint density at radius 3 is 2.76 bits per heavy atom. The third kappa shape index (κ3) is 2.47. The second-order valence-electron chi connectivity index (χ2n) is 5.50. The van der Waals surface area contributed by atoms with E-state index in [2.05, 4.69) is 15.1 Å². The number of carbonyl (C=O) groups is 1. The number of allylic oxidation sites excluding steroid dienone is 3. The molecule has 10 nitrogen and oxygen atoms in total. The number of carbonyl (C=O) groups excluding carboxylic acids is 1. The zero-order chi connectivity index (χ0) is 18.3. The molecule has 0 aliphatic carbocycles. The molecule has 10 heteroatoms. The standard InChI is InChI=1S/C15H14N4O6/c1-7-11(15(20)24-3)12(13(18(21)22)8(2)16-7)9-5-4-6-10-14(9)19(23)25-17-10/h4-6,12,16H,1-3H3/t12-/m0/s1. The van der Waals surface area contributed by atoms with E-state index in [9.17, 15) is 20.1 Å². The molecular formula is C15H14N4O6. The molecule has 1 aliphatic heterocycles. The molecule has 1 aromatic carbocycles. The molecule has 25 heavy (non-hydrogen) atoms. The Kier molecular flexibility index (Phi) is 3.87. The van der Waals surface area contributed by atoms with Crippen LogP contribution in [0.4, 0.5) is 0 Å². The molecule has 2 heterocycles. The van der Waals surface area contributed by atoms with Crippen LogP contribution >= 0.6 is 0 Å². The topological polar surface area (TPSA) is 134 Å². The van der Waals surface area contributed by atoms with Crippen LogP contribution in [0.5, 0.6) is 0 Å². The van der Waals surface area contributed by atoms with Gasteiger partial charge in [-0.25, -0.2) is 4.79 Å². The first-order valence-electron chi connectivity index (χ1n) is 7.26. The Hall–Kier alpha value is -3.43. The molecule has 2 aromatic rings. The van der Waals surface area contributed by atoms with Crippen LogP contribution in [0.3, 0.4) is 0 Å². The second-order valence-corrected chi connectivity index (χ2v) is 5.50. The smallest absolute Gasteiger partial charge is 0.336 e. The largest absolute Gasteiger partial charge is 0.466 e. The van der Waals surface area contributed by atoms with Gasteiger partial charge >= 0.3 is 5.97 Å². The molecule has 0 spiro atoms. The van der Waals surface area contributed by atoms with Gasteiger partial charge in [0.1, 0.15) is 5.92 Å². The average Bonchev–Trinajstić information content (AvgIpc) is 2.94. The Balaban J connectivity index is 2.36. The summed E-state index contributed by atoms with van der Waals surface area (Å²) < 4.78 is 9.39. The first kappa shape index (κ1) is 16.4. The van der Waals surface area contributed by atoms with E-state index in [4.69, 9.17) is 4.74 Å². The molecule has 0 saturated carbocycles. The summed E-state index contributed by atoms with van der Waals surface area (Å²) in [6, 6.07) is 4.64. The number of para-hydroxylation sites is 1. The number of hydrogen-bond acceptors (Lipinski definition) is 8. The quantitative estimate of drug-likeness (QED) is 0.378. The summed E-state index contributed by atoms with van der Waals surface area (Å²) >= 11 is 0. The molecule has 0 amide bonds. The number of hydrogen-bond donors (Lipinski definition) is 1. The van der Waals surface area contributed by atoms with Crippen LogP contribution < -0.4 is 10.2 Å². The number of dihydropyridines is 1. The molecule has 0 unspecified atom stereocenters. The van der Waals surface area contributed by atoms with Gasteiger partial charge in [-0.2, -0.15) is 0 Å². The lowest BCUT2D eigenvalue weighted by Crippen LogP contribution is -2.33. The number of aromatic nitrogens is 2. The van der Waals surface area contributed by atoms with Gasteiger partial charge in [-0.3, -0.25) is 14.7 Å². The van der Waals surface area contributed by atoms with E-state index in [0.717, 1.165) is 0 Å². The third-order valence-corrected chi connectivity index (χ3v) is 4.08. The zero-order valence-electron chi connectivity index (χ0n) is 13.6. The van der Waals surface area contributed by atoms with Crippen molar-refractivity contribution in [2.24, 2.45) is 0 Å². The lowest BCUT2D eigenvalue weighted by molar-refractivity contribution is -0.782. The van der Waals surface area contributed by atoms with Crippen LogP contribution in [0.1, 0.15) is 25.3 Å². The normalized spacial score (nSPS) is 17.6. The average molecular weight is 346 g/mol. The number of benzene rings is 1. The second kappa shape index (κ2) is 5.89. The summed E-state index contributed by atoms with van der Waals surface area (Å²) in [5.41, 5.74) is 0.968. The van der Waals surface area contributed by atoms with E-state index < -0.39 is 16.8 Å². The number of nitro groups is 1. The fourth-order valence-electron chi connectivity index (χ4n) is 3.08. The molecule has 0 saturated heterocycles. The zero-order valence-corrected chi connectivity index (χ0v) is 13.6. The highest BCUT2D eigenvalue weighted by atomic mass is 16.8. The molecule has 1 N–H and O–H groups in total. The van der Waals surface area contributed by atoms with Crippen LogP contribution in [0.15, 0.2) is 45.5 Å². The highest BCUT2D eigenvalue weighted by Gasteiger charge is 2.43. The molecule has 0 bridgehead atoms. The van der Waals surface area contributed by atoms with Crippen LogP contribution in [0.2, 0.25) is 0 Å². The van der Waals surface area contributed by atoms with Crippen molar-refractivity contribution < 1.29 is 24.0 Å². The Morgan fingerprint density at radius 1 is 1.40 bits per heavy atom. The monoisotopic (exact) mass is 346 g/mol. The first-order valence-corrected chi connectivity index (χ1v) is 7.26. The van der Waals surface area contributed by atoms with Crippen molar-refractivity contribution in [3.8, 4) is 0 Å². The molecular weight excluding hydrogens is 332 g/mol. The van der Waals surface area contributed by atoms with Crippen molar-refractivity contribution >= 4 is 17.0 Å². The minimum absolute atomic E-state index is 0.0238. The van der Waals surface area contributed by atoms with Gasteiger partial charge < -0.3 is 15.3 Å². The number of nitrogens with one attached hydrogen (secondary N) is 1. The minimum atomic E-state index is -1.10. The maximum Gasteiger partial charge on any atom is 0.336 e. The molecule has 130 valence electrons. The minimum Gasteiger partial charge on any atom is -0.466 e. The van der Waals surface area contributed by atoms with Gasteiger partial charge in [0.25, 0.3) is 5.70 Å². The first-order chi connectivity index (χ1) is 11.9. The molecule has 1 aliphatic rings. The van der Waals surface area contributed by atoms with Gasteiger partial charge in [0.05, 0.1) is 23.3 Å². The molecule has 0 fully saturated rings. The van der Waals surface area contributed by atoms with Crippen molar-refractivity contribution in [1.82, 2.24) is 10.5 Å². The molecule has 0 radical (unpaired) electrons. The maximum absolute atomic E-state index is 12.3. The van der Waals surface area contributed by atoms with E-state index in [-0.39, 0.29) is 38.5 Å². The van der Waals surface area contributed by atoms with Gasteiger partial charge in [0.2, 0.25) is 11.0 Å². The van der Waals surface area contributed by atoms with Gasteiger partial charge in [-0.05, 0) is 24.8 Å². The van der Waals surface area contributed by atoms with Crippen LogP contribution in [0.25, 0.3) is 11.0 Å². The SMILES string of the molecule is COC(=O)C1=C(C)NC(C)=C([N+](=O)[O-])[C@H]1c1cccc2no[n+]([O-])c12. The summed E-state index contributed by atoms with van der Waals surface area (Å²) in [5.74, 6) is -1.83. The lowest BCUT2D eigenvalue weighted by atomic mass is 9.83. The van der Waals surface area contributed by atoms with Crippen LogP contribution in [0, 0.1) is 15.3 Å². The Labute approximate surface area is 141 Å². The number of ether oxygens (including phenoxy) is 1. The molecule has 1 aromatic heterocycles. The summed E-state index contributed by atoms with van der Waals surface area (Å²) in [6.45, 7) is 3.14. The summed E-state index contributed by atoms with van der Waals surface area (Å²) in [7, 11) is 1.18. The highest BCUT2D eigenvalue weighted by molar-refractivity contribution is 5.93. The van der Waals surface area contributed by atoms with Crippen LogP contribution in [-0.2, 0) is 9.53 Å². The van der Waals surface area contributed by atoms with Crippen molar-refractivity contribution in [3.63, 3.8) is 0 Å². The van der Waals surface area contributed by atoms with Crippen molar-refractivity contribution in [3.05, 3.63) is 61.7 Å². The van der Waals surface area contributed by atoms with Gasteiger partial charge in [0.15, 0.2) is 0 Å². The van der Waals surface area contributed by atoms with Crippen molar-refractivity contribution in [1.29, 1.82) is 0 Å². The molecule has 1 atom stereocenters. The van der Waals surface area contributed by atoms with Gasteiger partial charge in [0, 0.05) is 16.4 Å². The maximum atomic E-state index is 12.3. The third-order valence-electron chi connectivity index (χ3n) is 4.08. The number of rotatable bonds is 3. The van der Waals surface area contributed by atoms with Crippen LogP contribution in [-0.4, -0.2) is 23.2 Å². The van der Waals surface area contributed by atoms with Crippen molar-refractivity contribution in [2.75, 3.05) is 7.11 Å². The van der Waals surface area contributed by atoms with E-state index in [1.807, 2.05) is 0 Å². The summed E-state index contributed by atoms with van der Waals surface area (Å²) in [5, 5.41) is 30.1. The van der Waals surface area contributed by atoms with E-state index >= 15 is 0 Å². The predicted octanol–water partition coefficient (Wildman–Crippen LogP) is 1.10. The van der Waals surface area contributed by atoms with Gasteiger partial charge in [-0.1, -0.05) is 12.1 Å².